The molecule has 0 bridgehead atoms. The lowest BCUT2D eigenvalue weighted by Crippen LogP contribution is -2.00. The molecule has 1 aliphatic rings. The molecular weight excluding hydrogens is 288 g/mol. The van der Waals surface area contributed by atoms with E-state index < -0.39 is 0 Å². The molecule has 0 saturated carbocycles. The van der Waals surface area contributed by atoms with E-state index in [2.05, 4.69) is 49.0 Å². The third-order valence-corrected chi connectivity index (χ3v) is 3.97. The largest absolute Gasteiger partial charge is 0.339 e. The molecule has 0 amide bonds. The van der Waals surface area contributed by atoms with Crippen molar-refractivity contribution in [2.24, 2.45) is 0 Å². The Morgan fingerprint density at radius 3 is 2.61 bits per heavy atom. The predicted molar refractivity (Wildman–Crippen MR) is 90.4 cm³/mol. The number of aromatic amines is 1. The maximum atomic E-state index is 4.53. The highest BCUT2D eigenvalue weighted by atomic mass is 15.2. The molecule has 3 N–H and O–H groups in total. The number of nitrogens with zero attached hydrogens (tertiary/aromatic N) is 3. The number of benzene rings is 1. The molecule has 2 aromatic heterocycles. The van der Waals surface area contributed by atoms with Crippen molar-refractivity contribution in [2.75, 3.05) is 10.6 Å². The minimum atomic E-state index is 0.655. The van der Waals surface area contributed by atoms with Gasteiger partial charge < -0.3 is 10.6 Å². The number of aromatic nitrogens is 4. The Bertz CT molecular complexity index is 839. The second-order valence-electron chi connectivity index (χ2n) is 5.81. The number of aryl methyl sites for hydroxylation is 3. The summed E-state index contributed by atoms with van der Waals surface area (Å²) >= 11 is 0. The van der Waals surface area contributed by atoms with Crippen LogP contribution in [-0.2, 0) is 12.8 Å². The smallest absolute Gasteiger partial charge is 0.153 e. The second kappa shape index (κ2) is 5.72. The molecule has 0 spiro atoms. The first-order valence-corrected chi connectivity index (χ1v) is 7.76. The molecule has 6 nitrogen and oxygen atoms in total. The zero-order chi connectivity index (χ0) is 15.6. The van der Waals surface area contributed by atoms with Crippen LogP contribution >= 0.6 is 0 Å². The highest BCUT2D eigenvalue weighted by Crippen LogP contribution is 2.26. The Morgan fingerprint density at radius 2 is 1.78 bits per heavy atom. The van der Waals surface area contributed by atoms with Crippen LogP contribution in [-0.4, -0.2) is 20.2 Å². The first-order chi connectivity index (χ1) is 11.3. The highest BCUT2D eigenvalue weighted by molar-refractivity contribution is 5.60. The fourth-order valence-electron chi connectivity index (χ4n) is 2.90. The first-order valence-electron chi connectivity index (χ1n) is 7.76. The van der Waals surface area contributed by atoms with Gasteiger partial charge in [0.15, 0.2) is 17.5 Å². The van der Waals surface area contributed by atoms with Gasteiger partial charge in [0.05, 0.1) is 12.4 Å². The van der Waals surface area contributed by atoms with Gasteiger partial charge in [-0.1, -0.05) is 6.07 Å². The number of hydrogen-bond donors (Lipinski definition) is 3. The van der Waals surface area contributed by atoms with Crippen LogP contribution in [0.15, 0.2) is 36.7 Å². The fraction of sp³-hybridized carbons (Fsp3) is 0.235. The summed E-state index contributed by atoms with van der Waals surface area (Å²) < 4.78 is 0. The van der Waals surface area contributed by atoms with Gasteiger partial charge in [-0.25, -0.2) is 4.98 Å². The summed E-state index contributed by atoms with van der Waals surface area (Å²) in [5.74, 6) is 2.09. The zero-order valence-electron chi connectivity index (χ0n) is 12.9. The van der Waals surface area contributed by atoms with E-state index in [4.69, 9.17) is 0 Å². The minimum Gasteiger partial charge on any atom is -0.339 e. The first kappa shape index (κ1) is 13.8. The summed E-state index contributed by atoms with van der Waals surface area (Å²) in [6, 6.07) is 8.43. The second-order valence-corrected chi connectivity index (χ2v) is 5.81. The van der Waals surface area contributed by atoms with E-state index in [0.717, 1.165) is 23.6 Å². The van der Waals surface area contributed by atoms with Gasteiger partial charge in [-0.3, -0.25) is 10.1 Å². The molecule has 0 saturated heterocycles. The average Bonchev–Trinajstić information content (AvgIpc) is 3.16. The average molecular weight is 306 g/mol. The summed E-state index contributed by atoms with van der Waals surface area (Å²) in [5.41, 5.74) is 4.94. The lowest BCUT2D eigenvalue weighted by molar-refractivity contribution is 0.912. The summed E-state index contributed by atoms with van der Waals surface area (Å²) in [7, 11) is 0. The van der Waals surface area contributed by atoms with Crippen molar-refractivity contribution in [2.45, 2.75) is 26.2 Å². The lowest BCUT2D eigenvalue weighted by atomic mass is 10.1. The third kappa shape index (κ3) is 3.01. The molecule has 0 aliphatic heterocycles. The Labute approximate surface area is 134 Å². The number of nitrogens with one attached hydrogen (secondary N) is 3. The minimum absolute atomic E-state index is 0.655. The van der Waals surface area contributed by atoms with Crippen LogP contribution in [0, 0.1) is 6.92 Å². The van der Waals surface area contributed by atoms with Gasteiger partial charge in [0, 0.05) is 17.4 Å². The van der Waals surface area contributed by atoms with Crippen molar-refractivity contribution < 1.29 is 0 Å². The fourth-order valence-corrected chi connectivity index (χ4v) is 2.90. The molecule has 6 heteroatoms. The van der Waals surface area contributed by atoms with Crippen molar-refractivity contribution in [1.29, 1.82) is 0 Å². The Kier molecular flexibility index (Phi) is 3.42. The van der Waals surface area contributed by atoms with Crippen LogP contribution in [0.2, 0.25) is 0 Å². The van der Waals surface area contributed by atoms with Crippen LogP contribution in [0.1, 0.15) is 23.2 Å². The predicted octanol–water partition coefficient (Wildman–Crippen LogP) is 3.48. The van der Waals surface area contributed by atoms with E-state index in [1.807, 2.05) is 13.0 Å². The van der Waals surface area contributed by atoms with Gasteiger partial charge in [0.1, 0.15) is 0 Å². The van der Waals surface area contributed by atoms with Gasteiger partial charge in [0.2, 0.25) is 0 Å². The molecule has 2 heterocycles. The molecule has 0 fully saturated rings. The van der Waals surface area contributed by atoms with E-state index in [9.17, 15) is 0 Å². The van der Waals surface area contributed by atoms with Crippen molar-refractivity contribution in [3.05, 3.63) is 53.5 Å². The summed E-state index contributed by atoms with van der Waals surface area (Å²) in [5, 5.41) is 13.5. The molecule has 1 aliphatic carbocycles. The number of hydrogen-bond acceptors (Lipinski definition) is 5. The van der Waals surface area contributed by atoms with Crippen LogP contribution in [0.4, 0.5) is 23.1 Å². The monoisotopic (exact) mass is 306 g/mol. The van der Waals surface area contributed by atoms with Crippen LogP contribution in [0.25, 0.3) is 0 Å². The Hall–Kier alpha value is -2.89. The van der Waals surface area contributed by atoms with Crippen LogP contribution in [0.3, 0.4) is 0 Å². The number of H-pyrrole nitrogens is 1. The lowest BCUT2D eigenvalue weighted by Gasteiger charge is -2.09. The maximum absolute atomic E-state index is 4.53. The molecule has 0 atom stereocenters. The normalized spacial score (nSPS) is 12.9. The van der Waals surface area contributed by atoms with Gasteiger partial charge in [-0.05, 0) is 49.4 Å². The molecule has 0 radical (unpaired) electrons. The third-order valence-electron chi connectivity index (χ3n) is 3.97. The molecule has 116 valence electrons. The Balaban J connectivity index is 1.52. The molecule has 0 unspecified atom stereocenters. The van der Waals surface area contributed by atoms with Crippen molar-refractivity contribution >= 4 is 23.1 Å². The number of rotatable bonds is 4. The van der Waals surface area contributed by atoms with Crippen molar-refractivity contribution in [3.63, 3.8) is 0 Å². The van der Waals surface area contributed by atoms with E-state index >= 15 is 0 Å². The summed E-state index contributed by atoms with van der Waals surface area (Å²) in [4.78, 5) is 8.76. The SMILES string of the molecule is Cc1cc(Nc2cncc(Nc3ccc4c(c3)CCC4)n2)n[nH]1. The van der Waals surface area contributed by atoms with Gasteiger partial charge in [-0.2, -0.15) is 5.10 Å². The topological polar surface area (TPSA) is 78.5 Å². The van der Waals surface area contributed by atoms with Crippen molar-refractivity contribution in [3.8, 4) is 0 Å². The quantitative estimate of drug-likeness (QED) is 0.687. The maximum Gasteiger partial charge on any atom is 0.153 e. The zero-order valence-corrected chi connectivity index (χ0v) is 12.9. The van der Waals surface area contributed by atoms with E-state index in [-0.39, 0.29) is 0 Å². The molecule has 1 aromatic carbocycles. The van der Waals surface area contributed by atoms with E-state index in [1.165, 1.54) is 24.0 Å². The molecular formula is C17H18N6. The van der Waals surface area contributed by atoms with E-state index in [0.29, 0.717) is 11.6 Å². The van der Waals surface area contributed by atoms with E-state index in [1.54, 1.807) is 12.4 Å². The molecule has 4 rings (SSSR count). The number of fused-ring (bicyclic) bond motifs is 1. The summed E-state index contributed by atoms with van der Waals surface area (Å²) in [6.45, 7) is 1.95. The molecule has 3 aromatic rings. The van der Waals surface area contributed by atoms with Gasteiger partial charge >= 0.3 is 0 Å². The van der Waals surface area contributed by atoms with Crippen LogP contribution < -0.4 is 10.6 Å². The Morgan fingerprint density at radius 1 is 0.957 bits per heavy atom. The van der Waals surface area contributed by atoms with Crippen molar-refractivity contribution in [1.82, 2.24) is 20.2 Å². The van der Waals surface area contributed by atoms with Crippen LogP contribution in [0.5, 0.6) is 0 Å². The molecule has 23 heavy (non-hydrogen) atoms. The van der Waals surface area contributed by atoms with Gasteiger partial charge in [0.25, 0.3) is 0 Å². The highest BCUT2D eigenvalue weighted by Gasteiger charge is 2.11. The summed E-state index contributed by atoms with van der Waals surface area (Å²) in [6.07, 6.45) is 7.00. The number of anilines is 4. The standard InChI is InChI=1S/C17H18N6/c1-11-7-15(23-22-11)20-17-10-18-9-16(21-17)19-14-6-5-12-3-2-4-13(12)8-14/h5-10H,2-4H2,1H3,(H3,19,20,21,22,23). The van der Waals surface area contributed by atoms with Gasteiger partial charge in [-0.15, -0.1) is 0 Å².